The lowest BCUT2D eigenvalue weighted by atomic mass is 9.75. The number of hydrogen-bond donors (Lipinski definition) is 1. The molecule has 1 saturated heterocycles. The molecule has 1 aliphatic heterocycles. The molecule has 0 aromatic heterocycles. The van der Waals surface area contributed by atoms with Crippen LogP contribution in [0.4, 0.5) is 0 Å². The Bertz CT molecular complexity index is 239. The minimum Gasteiger partial charge on any atom is -0.373 e. The van der Waals surface area contributed by atoms with E-state index < -0.39 is 0 Å². The zero-order chi connectivity index (χ0) is 12.5. The monoisotopic (exact) mass is 240 g/mol. The number of ether oxygens (including phenoxy) is 1. The number of morpholine rings is 1. The summed E-state index contributed by atoms with van der Waals surface area (Å²) in [7, 11) is 0. The molecule has 0 aromatic rings. The molecule has 2 N–H and O–H groups in total. The molecule has 2 rings (SSSR count). The van der Waals surface area contributed by atoms with E-state index in [4.69, 9.17) is 10.5 Å². The van der Waals surface area contributed by atoms with Crippen LogP contribution in [0, 0.1) is 5.92 Å². The molecule has 17 heavy (non-hydrogen) atoms. The molecular weight excluding hydrogens is 212 g/mol. The summed E-state index contributed by atoms with van der Waals surface area (Å²) in [6.07, 6.45) is 5.89. The highest BCUT2D eigenvalue weighted by atomic mass is 16.5. The van der Waals surface area contributed by atoms with Crippen molar-refractivity contribution in [2.24, 2.45) is 11.7 Å². The molecule has 0 aromatic carbocycles. The van der Waals surface area contributed by atoms with Gasteiger partial charge in [-0.3, -0.25) is 4.90 Å². The van der Waals surface area contributed by atoms with Gasteiger partial charge in [0.25, 0.3) is 0 Å². The van der Waals surface area contributed by atoms with Gasteiger partial charge < -0.3 is 10.5 Å². The maximum atomic E-state index is 6.12. The van der Waals surface area contributed by atoms with Crippen molar-refractivity contribution >= 4 is 0 Å². The molecular formula is C14H28N2O. The van der Waals surface area contributed by atoms with Crippen molar-refractivity contribution in [3.05, 3.63) is 0 Å². The first-order chi connectivity index (χ1) is 8.05. The van der Waals surface area contributed by atoms with E-state index >= 15 is 0 Å². The van der Waals surface area contributed by atoms with Crippen LogP contribution in [0.25, 0.3) is 0 Å². The Kier molecular flexibility index (Phi) is 4.11. The SMILES string of the molecule is CC1CCC(CN)(N2CC(C)OC(C)C2)CC1. The van der Waals surface area contributed by atoms with Gasteiger partial charge in [-0.2, -0.15) is 0 Å². The van der Waals surface area contributed by atoms with E-state index in [1.54, 1.807) is 0 Å². The van der Waals surface area contributed by atoms with Gasteiger partial charge in [0, 0.05) is 25.2 Å². The third-order valence-electron chi connectivity index (χ3n) is 4.68. The Morgan fingerprint density at radius 2 is 1.65 bits per heavy atom. The fourth-order valence-electron chi connectivity index (χ4n) is 3.51. The number of nitrogens with two attached hydrogens (primary N) is 1. The molecule has 1 aliphatic carbocycles. The maximum Gasteiger partial charge on any atom is 0.0678 e. The van der Waals surface area contributed by atoms with Gasteiger partial charge in [-0.25, -0.2) is 0 Å². The predicted molar refractivity (Wildman–Crippen MR) is 71.0 cm³/mol. The molecule has 3 nitrogen and oxygen atoms in total. The lowest BCUT2D eigenvalue weighted by Gasteiger charge is -2.51. The van der Waals surface area contributed by atoms with Crippen molar-refractivity contribution in [3.63, 3.8) is 0 Å². The number of hydrogen-bond acceptors (Lipinski definition) is 3. The van der Waals surface area contributed by atoms with Crippen molar-refractivity contribution in [3.8, 4) is 0 Å². The lowest BCUT2D eigenvalue weighted by molar-refractivity contribution is -0.109. The van der Waals surface area contributed by atoms with Crippen LogP contribution in [0.2, 0.25) is 0 Å². The van der Waals surface area contributed by atoms with Gasteiger partial charge >= 0.3 is 0 Å². The van der Waals surface area contributed by atoms with E-state index in [9.17, 15) is 0 Å². The first-order valence-corrected chi connectivity index (χ1v) is 7.16. The van der Waals surface area contributed by atoms with Crippen molar-refractivity contribution in [1.82, 2.24) is 4.90 Å². The molecule has 2 aliphatic rings. The van der Waals surface area contributed by atoms with Gasteiger partial charge in [0.05, 0.1) is 12.2 Å². The van der Waals surface area contributed by atoms with Crippen LogP contribution in [-0.4, -0.2) is 42.3 Å². The molecule has 100 valence electrons. The number of rotatable bonds is 2. The summed E-state index contributed by atoms with van der Waals surface area (Å²) in [5.74, 6) is 0.880. The Hall–Kier alpha value is -0.120. The summed E-state index contributed by atoms with van der Waals surface area (Å²) < 4.78 is 5.84. The molecule has 2 unspecified atom stereocenters. The van der Waals surface area contributed by atoms with Gasteiger partial charge in [0.1, 0.15) is 0 Å². The highest BCUT2D eigenvalue weighted by molar-refractivity contribution is 4.97. The standard InChI is InChI=1S/C14H28N2O/c1-11-4-6-14(10-15,7-5-11)16-8-12(2)17-13(3)9-16/h11-13H,4-10,15H2,1-3H3. The Balaban J connectivity index is 2.06. The van der Waals surface area contributed by atoms with Crippen molar-refractivity contribution in [2.45, 2.75) is 64.2 Å². The van der Waals surface area contributed by atoms with E-state index in [0.717, 1.165) is 25.6 Å². The van der Waals surface area contributed by atoms with Crippen LogP contribution in [0.15, 0.2) is 0 Å². The van der Waals surface area contributed by atoms with E-state index in [-0.39, 0.29) is 5.54 Å². The molecule has 1 saturated carbocycles. The lowest BCUT2D eigenvalue weighted by Crippen LogP contribution is -2.61. The van der Waals surface area contributed by atoms with Crippen molar-refractivity contribution < 1.29 is 4.74 Å². The zero-order valence-electron chi connectivity index (χ0n) is 11.6. The zero-order valence-corrected chi connectivity index (χ0v) is 11.6. The molecule has 0 radical (unpaired) electrons. The second-order valence-corrected chi connectivity index (χ2v) is 6.27. The van der Waals surface area contributed by atoms with Gasteiger partial charge in [0.2, 0.25) is 0 Å². The molecule has 2 atom stereocenters. The average Bonchev–Trinajstić information content (AvgIpc) is 2.29. The normalized spacial score (nSPS) is 44.8. The third-order valence-corrected chi connectivity index (χ3v) is 4.68. The van der Waals surface area contributed by atoms with Crippen molar-refractivity contribution in [2.75, 3.05) is 19.6 Å². The summed E-state index contributed by atoms with van der Waals surface area (Å²) in [4.78, 5) is 2.62. The Labute approximate surface area is 106 Å². The largest absolute Gasteiger partial charge is 0.373 e. The highest BCUT2D eigenvalue weighted by Crippen LogP contribution is 2.37. The van der Waals surface area contributed by atoms with E-state index in [2.05, 4.69) is 25.7 Å². The fourth-order valence-corrected chi connectivity index (χ4v) is 3.51. The van der Waals surface area contributed by atoms with Crippen molar-refractivity contribution in [1.29, 1.82) is 0 Å². The van der Waals surface area contributed by atoms with Gasteiger partial charge in [0.15, 0.2) is 0 Å². The smallest absolute Gasteiger partial charge is 0.0678 e. The summed E-state index contributed by atoms with van der Waals surface area (Å²) in [6.45, 7) is 9.63. The second-order valence-electron chi connectivity index (χ2n) is 6.27. The van der Waals surface area contributed by atoms with E-state index in [0.29, 0.717) is 12.2 Å². The van der Waals surface area contributed by atoms with Gasteiger partial charge in [-0.1, -0.05) is 6.92 Å². The van der Waals surface area contributed by atoms with E-state index in [1.165, 1.54) is 25.7 Å². The Morgan fingerprint density at radius 3 is 2.12 bits per heavy atom. The molecule has 0 bridgehead atoms. The molecule has 3 heteroatoms. The van der Waals surface area contributed by atoms with Crippen LogP contribution in [0.5, 0.6) is 0 Å². The Morgan fingerprint density at radius 1 is 1.12 bits per heavy atom. The van der Waals surface area contributed by atoms with E-state index in [1.807, 2.05) is 0 Å². The second kappa shape index (κ2) is 5.25. The van der Waals surface area contributed by atoms with Crippen LogP contribution in [0.3, 0.4) is 0 Å². The van der Waals surface area contributed by atoms with Gasteiger partial charge in [-0.15, -0.1) is 0 Å². The molecule has 1 heterocycles. The minimum atomic E-state index is 0.263. The fraction of sp³-hybridized carbons (Fsp3) is 1.00. The van der Waals surface area contributed by atoms with Crippen LogP contribution < -0.4 is 5.73 Å². The number of nitrogens with zero attached hydrogens (tertiary/aromatic N) is 1. The first kappa shape index (κ1) is 13.3. The predicted octanol–water partition coefficient (Wildman–Crippen LogP) is 2.00. The molecule has 0 amide bonds. The topological polar surface area (TPSA) is 38.5 Å². The van der Waals surface area contributed by atoms with Crippen LogP contribution in [0.1, 0.15) is 46.5 Å². The molecule has 0 spiro atoms. The summed E-state index contributed by atoms with van der Waals surface area (Å²) in [6, 6.07) is 0. The van der Waals surface area contributed by atoms with Crippen LogP contribution in [-0.2, 0) is 4.74 Å². The van der Waals surface area contributed by atoms with Gasteiger partial charge in [-0.05, 0) is 45.4 Å². The summed E-state index contributed by atoms with van der Waals surface area (Å²) in [5, 5.41) is 0. The quantitative estimate of drug-likeness (QED) is 0.802. The average molecular weight is 240 g/mol. The maximum absolute atomic E-state index is 6.12. The summed E-state index contributed by atoms with van der Waals surface area (Å²) >= 11 is 0. The first-order valence-electron chi connectivity index (χ1n) is 7.16. The molecule has 2 fully saturated rings. The summed E-state index contributed by atoms with van der Waals surface area (Å²) in [5.41, 5.74) is 6.39. The van der Waals surface area contributed by atoms with Crippen LogP contribution >= 0.6 is 0 Å². The third kappa shape index (κ3) is 2.83. The highest BCUT2D eigenvalue weighted by Gasteiger charge is 2.41. The minimum absolute atomic E-state index is 0.263.